The Balaban J connectivity index is 2.50. The van der Waals surface area contributed by atoms with Gasteiger partial charge in [-0.05, 0) is 32.9 Å². The Labute approximate surface area is 108 Å². The van der Waals surface area contributed by atoms with Crippen molar-refractivity contribution < 1.29 is 14.6 Å². The van der Waals surface area contributed by atoms with Gasteiger partial charge in [-0.15, -0.1) is 0 Å². The fraction of sp³-hybridized carbons (Fsp3) is 0.500. The molecular formula is C14H21NO3. The maximum Gasteiger partial charge on any atom is 0.323 e. The maximum absolute atomic E-state index is 11.3. The quantitative estimate of drug-likeness (QED) is 0.780. The Morgan fingerprint density at radius 3 is 2.50 bits per heavy atom. The molecule has 0 fully saturated rings. The molecule has 1 aromatic carbocycles. The van der Waals surface area contributed by atoms with Gasteiger partial charge >= 0.3 is 5.97 Å². The number of aliphatic carboxylic acids is 1. The topological polar surface area (TPSA) is 58.6 Å². The minimum absolute atomic E-state index is 0.114. The first-order valence-electron chi connectivity index (χ1n) is 6.13. The SMILES string of the molecule is CC(C)NC(C)(CCOc1ccccc1)C(=O)O. The molecule has 0 radical (unpaired) electrons. The maximum atomic E-state index is 11.3. The summed E-state index contributed by atoms with van der Waals surface area (Å²) in [5, 5.41) is 12.3. The van der Waals surface area contributed by atoms with Crippen molar-refractivity contribution in [1.82, 2.24) is 5.32 Å². The van der Waals surface area contributed by atoms with Gasteiger partial charge in [0.25, 0.3) is 0 Å². The van der Waals surface area contributed by atoms with Gasteiger partial charge in [0.2, 0.25) is 0 Å². The van der Waals surface area contributed by atoms with Crippen LogP contribution in [0.3, 0.4) is 0 Å². The lowest BCUT2D eigenvalue weighted by Crippen LogP contribution is -2.53. The monoisotopic (exact) mass is 251 g/mol. The fourth-order valence-corrected chi connectivity index (χ4v) is 1.77. The van der Waals surface area contributed by atoms with Crippen LogP contribution >= 0.6 is 0 Å². The van der Waals surface area contributed by atoms with E-state index in [1.165, 1.54) is 0 Å². The van der Waals surface area contributed by atoms with Gasteiger partial charge in [0.05, 0.1) is 6.61 Å². The van der Waals surface area contributed by atoms with Crippen LogP contribution in [0.2, 0.25) is 0 Å². The van der Waals surface area contributed by atoms with Crippen LogP contribution in [0.15, 0.2) is 30.3 Å². The van der Waals surface area contributed by atoms with E-state index >= 15 is 0 Å². The highest BCUT2D eigenvalue weighted by Crippen LogP contribution is 2.14. The van der Waals surface area contributed by atoms with E-state index in [1.807, 2.05) is 44.2 Å². The third-order valence-corrected chi connectivity index (χ3v) is 2.69. The highest BCUT2D eigenvalue weighted by Gasteiger charge is 2.33. The summed E-state index contributed by atoms with van der Waals surface area (Å²) < 4.78 is 5.53. The minimum Gasteiger partial charge on any atom is -0.494 e. The Kier molecular flexibility index (Phi) is 5.16. The average Bonchev–Trinajstić information content (AvgIpc) is 2.29. The third-order valence-electron chi connectivity index (χ3n) is 2.69. The molecule has 2 N–H and O–H groups in total. The lowest BCUT2D eigenvalue weighted by atomic mass is 9.97. The molecule has 4 nitrogen and oxygen atoms in total. The number of para-hydroxylation sites is 1. The normalized spacial score (nSPS) is 14.2. The van der Waals surface area contributed by atoms with Crippen molar-refractivity contribution in [2.75, 3.05) is 6.61 Å². The Morgan fingerprint density at radius 2 is 2.00 bits per heavy atom. The van der Waals surface area contributed by atoms with E-state index in [2.05, 4.69) is 5.32 Å². The molecule has 0 aliphatic rings. The highest BCUT2D eigenvalue weighted by atomic mass is 16.5. The molecule has 0 bridgehead atoms. The van der Waals surface area contributed by atoms with Gasteiger partial charge in [0.1, 0.15) is 11.3 Å². The number of rotatable bonds is 7. The summed E-state index contributed by atoms with van der Waals surface area (Å²) in [5.41, 5.74) is -0.955. The number of benzene rings is 1. The standard InChI is InChI=1S/C14H21NO3/c1-11(2)15-14(3,13(16)17)9-10-18-12-7-5-4-6-8-12/h4-8,11,15H,9-10H2,1-3H3,(H,16,17). The molecule has 1 unspecified atom stereocenters. The minimum atomic E-state index is -0.955. The molecule has 0 saturated carbocycles. The Hall–Kier alpha value is -1.55. The molecular weight excluding hydrogens is 230 g/mol. The van der Waals surface area contributed by atoms with Gasteiger partial charge in [0.15, 0.2) is 0 Å². The predicted octanol–water partition coefficient (Wildman–Crippen LogP) is 2.30. The van der Waals surface area contributed by atoms with Crippen molar-refractivity contribution in [1.29, 1.82) is 0 Å². The second-order valence-corrected chi connectivity index (χ2v) is 4.85. The number of carboxylic acid groups (broad SMARTS) is 1. The number of hydrogen-bond acceptors (Lipinski definition) is 3. The van der Waals surface area contributed by atoms with Gasteiger partial charge in [-0.25, -0.2) is 0 Å². The smallest absolute Gasteiger partial charge is 0.323 e. The zero-order valence-corrected chi connectivity index (χ0v) is 11.1. The highest BCUT2D eigenvalue weighted by molar-refractivity contribution is 5.78. The van der Waals surface area contributed by atoms with Gasteiger partial charge in [-0.2, -0.15) is 0 Å². The lowest BCUT2D eigenvalue weighted by molar-refractivity contribution is -0.145. The van der Waals surface area contributed by atoms with E-state index in [9.17, 15) is 9.90 Å². The summed E-state index contributed by atoms with van der Waals surface area (Å²) in [5.74, 6) is -0.0948. The number of carbonyl (C=O) groups is 1. The molecule has 4 heteroatoms. The van der Waals surface area contributed by atoms with E-state index in [4.69, 9.17) is 4.74 Å². The second-order valence-electron chi connectivity index (χ2n) is 4.85. The van der Waals surface area contributed by atoms with Gasteiger partial charge in [-0.3, -0.25) is 10.1 Å². The zero-order chi connectivity index (χ0) is 13.6. The van der Waals surface area contributed by atoms with E-state index in [0.717, 1.165) is 5.75 Å². The van der Waals surface area contributed by atoms with Crippen LogP contribution in [-0.4, -0.2) is 29.3 Å². The molecule has 0 saturated heterocycles. The fourth-order valence-electron chi connectivity index (χ4n) is 1.77. The zero-order valence-electron chi connectivity index (χ0n) is 11.1. The molecule has 0 heterocycles. The summed E-state index contributed by atoms with van der Waals surface area (Å²) in [6, 6.07) is 9.51. The Morgan fingerprint density at radius 1 is 1.39 bits per heavy atom. The van der Waals surface area contributed by atoms with Crippen LogP contribution in [-0.2, 0) is 4.79 Å². The molecule has 0 spiro atoms. The van der Waals surface area contributed by atoms with E-state index in [0.29, 0.717) is 13.0 Å². The third kappa shape index (κ3) is 4.37. The summed E-state index contributed by atoms with van der Waals surface area (Å²) >= 11 is 0. The van der Waals surface area contributed by atoms with Gasteiger partial charge in [0, 0.05) is 12.5 Å². The largest absolute Gasteiger partial charge is 0.494 e. The number of ether oxygens (including phenoxy) is 1. The first-order valence-corrected chi connectivity index (χ1v) is 6.13. The Bertz CT molecular complexity index is 378. The molecule has 0 aliphatic heterocycles. The van der Waals surface area contributed by atoms with E-state index in [-0.39, 0.29) is 6.04 Å². The summed E-state index contributed by atoms with van der Waals surface area (Å²) in [6.07, 6.45) is 0.412. The molecule has 0 aliphatic carbocycles. The van der Waals surface area contributed by atoms with Crippen molar-refractivity contribution in [2.45, 2.75) is 38.8 Å². The van der Waals surface area contributed by atoms with Crippen LogP contribution in [0.25, 0.3) is 0 Å². The second kappa shape index (κ2) is 6.40. The van der Waals surface area contributed by atoms with Crippen molar-refractivity contribution in [3.05, 3.63) is 30.3 Å². The molecule has 100 valence electrons. The summed E-state index contributed by atoms with van der Waals surface area (Å²) in [7, 11) is 0. The van der Waals surface area contributed by atoms with Crippen molar-refractivity contribution in [3.8, 4) is 5.75 Å². The van der Waals surface area contributed by atoms with Crippen LogP contribution in [0, 0.1) is 0 Å². The van der Waals surface area contributed by atoms with Crippen LogP contribution in [0.1, 0.15) is 27.2 Å². The van der Waals surface area contributed by atoms with Gasteiger partial charge in [-0.1, -0.05) is 18.2 Å². The molecule has 1 rings (SSSR count). The van der Waals surface area contributed by atoms with Crippen LogP contribution < -0.4 is 10.1 Å². The predicted molar refractivity (Wildman–Crippen MR) is 70.9 cm³/mol. The van der Waals surface area contributed by atoms with E-state index in [1.54, 1.807) is 6.92 Å². The summed E-state index contributed by atoms with van der Waals surface area (Å²) in [6.45, 7) is 5.91. The van der Waals surface area contributed by atoms with Crippen molar-refractivity contribution in [2.24, 2.45) is 0 Å². The first kappa shape index (κ1) is 14.5. The molecule has 0 amide bonds. The molecule has 1 atom stereocenters. The van der Waals surface area contributed by atoms with Crippen LogP contribution in [0.5, 0.6) is 5.75 Å². The molecule has 18 heavy (non-hydrogen) atoms. The van der Waals surface area contributed by atoms with Crippen LogP contribution in [0.4, 0.5) is 0 Å². The van der Waals surface area contributed by atoms with Gasteiger partial charge < -0.3 is 9.84 Å². The van der Waals surface area contributed by atoms with Crippen molar-refractivity contribution in [3.63, 3.8) is 0 Å². The van der Waals surface area contributed by atoms with E-state index < -0.39 is 11.5 Å². The van der Waals surface area contributed by atoms with Crippen molar-refractivity contribution >= 4 is 5.97 Å². The molecule has 0 aromatic heterocycles. The number of hydrogen-bond donors (Lipinski definition) is 2. The first-order chi connectivity index (χ1) is 8.44. The average molecular weight is 251 g/mol. The molecule has 1 aromatic rings. The number of carboxylic acids is 1. The number of nitrogens with one attached hydrogen (secondary N) is 1. The summed E-state index contributed by atoms with van der Waals surface area (Å²) in [4.78, 5) is 11.3. The lowest BCUT2D eigenvalue weighted by Gasteiger charge is -2.28.